The van der Waals surface area contributed by atoms with Gasteiger partial charge in [-0.15, -0.1) is 0 Å². The van der Waals surface area contributed by atoms with E-state index in [9.17, 15) is 0 Å². The van der Waals surface area contributed by atoms with Crippen molar-refractivity contribution in [3.8, 4) is 0 Å². The minimum absolute atomic E-state index is 0.0128. The molecular weight excluding hydrogens is 248 g/mol. The van der Waals surface area contributed by atoms with Crippen molar-refractivity contribution >= 4 is 11.0 Å². The molecule has 3 heteroatoms. The summed E-state index contributed by atoms with van der Waals surface area (Å²) in [4.78, 5) is 2.53. The molecule has 2 aliphatic rings. The van der Waals surface area contributed by atoms with Crippen LogP contribution in [0.5, 0.6) is 0 Å². The van der Waals surface area contributed by atoms with E-state index < -0.39 is 0 Å². The van der Waals surface area contributed by atoms with E-state index in [-0.39, 0.29) is 6.04 Å². The van der Waals surface area contributed by atoms with Gasteiger partial charge in [-0.3, -0.25) is 0 Å². The SMILES string of the molecule is NC(CN1CC2CCCC2C1)c1cc2ccccc2o1. The molecule has 1 aromatic heterocycles. The van der Waals surface area contributed by atoms with Gasteiger partial charge in [-0.25, -0.2) is 0 Å². The van der Waals surface area contributed by atoms with Crippen molar-refractivity contribution in [2.75, 3.05) is 19.6 Å². The van der Waals surface area contributed by atoms with Crippen LogP contribution in [-0.2, 0) is 0 Å². The Morgan fingerprint density at radius 3 is 2.70 bits per heavy atom. The second-order valence-electron chi connectivity index (χ2n) is 6.46. The van der Waals surface area contributed by atoms with Crippen LogP contribution in [0.1, 0.15) is 31.1 Å². The van der Waals surface area contributed by atoms with Gasteiger partial charge >= 0.3 is 0 Å². The van der Waals surface area contributed by atoms with E-state index in [4.69, 9.17) is 10.2 Å². The van der Waals surface area contributed by atoms with Gasteiger partial charge in [0.05, 0.1) is 6.04 Å². The fraction of sp³-hybridized carbons (Fsp3) is 0.529. The van der Waals surface area contributed by atoms with Crippen molar-refractivity contribution < 1.29 is 4.42 Å². The van der Waals surface area contributed by atoms with Crippen LogP contribution in [0.15, 0.2) is 34.7 Å². The van der Waals surface area contributed by atoms with Crippen LogP contribution in [0, 0.1) is 11.8 Å². The van der Waals surface area contributed by atoms with E-state index in [1.165, 1.54) is 32.4 Å². The van der Waals surface area contributed by atoms with Crippen molar-refractivity contribution in [1.82, 2.24) is 4.90 Å². The molecule has 0 bridgehead atoms. The molecule has 1 saturated carbocycles. The summed E-state index contributed by atoms with van der Waals surface area (Å²) < 4.78 is 5.88. The predicted octanol–water partition coefficient (Wildman–Crippen LogP) is 3.16. The Bertz CT molecular complexity index is 561. The minimum Gasteiger partial charge on any atom is -0.459 e. The van der Waals surface area contributed by atoms with Gasteiger partial charge in [0.15, 0.2) is 0 Å². The van der Waals surface area contributed by atoms with Crippen molar-refractivity contribution in [2.45, 2.75) is 25.3 Å². The van der Waals surface area contributed by atoms with Crippen LogP contribution in [0.4, 0.5) is 0 Å². The zero-order valence-electron chi connectivity index (χ0n) is 11.8. The number of hydrogen-bond acceptors (Lipinski definition) is 3. The molecule has 2 fully saturated rings. The quantitative estimate of drug-likeness (QED) is 0.931. The molecule has 1 aromatic carbocycles. The van der Waals surface area contributed by atoms with E-state index in [1.54, 1.807) is 0 Å². The standard InChI is InChI=1S/C17H22N2O/c18-15(11-19-9-13-5-3-6-14(13)10-19)17-8-12-4-1-2-7-16(12)20-17/h1-2,4,7-8,13-15H,3,5-6,9-11,18H2. The maximum absolute atomic E-state index is 6.35. The summed E-state index contributed by atoms with van der Waals surface area (Å²) in [7, 11) is 0. The summed E-state index contributed by atoms with van der Waals surface area (Å²) >= 11 is 0. The number of likely N-dealkylation sites (tertiary alicyclic amines) is 1. The molecule has 2 aromatic rings. The van der Waals surface area contributed by atoms with Crippen LogP contribution < -0.4 is 5.73 Å². The highest BCUT2D eigenvalue weighted by Crippen LogP contribution is 2.38. The largest absolute Gasteiger partial charge is 0.459 e. The molecule has 0 radical (unpaired) electrons. The van der Waals surface area contributed by atoms with Crippen LogP contribution in [0.2, 0.25) is 0 Å². The summed E-state index contributed by atoms with van der Waals surface area (Å²) in [5.41, 5.74) is 7.29. The molecule has 4 rings (SSSR count). The number of furan rings is 1. The van der Waals surface area contributed by atoms with Gasteiger partial charge in [-0.05, 0) is 36.8 Å². The zero-order valence-corrected chi connectivity index (χ0v) is 11.8. The first-order valence-electron chi connectivity index (χ1n) is 7.76. The van der Waals surface area contributed by atoms with E-state index in [1.807, 2.05) is 18.2 Å². The van der Waals surface area contributed by atoms with E-state index >= 15 is 0 Å². The molecule has 1 aliphatic carbocycles. The first-order valence-corrected chi connectivity index (χ1v) is 7.76. The number of nitrogens with two attached hydrogens (primary N) is 1. The molecular formula is C17H22N2O. The van der Waals surface area contributed by atoms with Crippen molar-refractivity contribution in [1.29, 1.82) is 0 Å². The van der Waals surface area contributed by atoms with Crippen molar-refractivity contribution in [3.05, 3.63) is 36.1 Å². The fourth-order valence-electron chi connectivity index (χ4n) is 4.03. The lowest BCUT2D eigenvalue weighted by atomic mass is 10.0. The molecule has 2 heterocycles. The topological polar surface area (TPSA) is 42.4 Å². The van der Waals surface area contributed by atoms with Crippen molar-refractivity contribution in [2.24, 2.45) is 17.6 Å². The third kappa shape index (κ3) is 2.15. The molecule has 3 atom stereocenters. The Kier molecular flexibility index (Phi) is 3.04. The van der Waals surface area contributed by atoms with Gasteiger partial charge in [0.1, 0.15) is 11.3 Å². The minimum atomic E-state index is -0.0128. The second-order valence-corrected chi connectivity index (χ2v) is 6.46. The Hall–Kier alpha value is -1.32. The number of benzene rings is 1. The summed E-state index contributed by atoms with van der Waals surface area (Å²) in [5, 5.41) is 1.15. The van der Waals surface area contributed by atoms with Crippen LogP contribution in [0.3, 0.4) is 0 Å². The highest BCUT2D eigenvalue weighted by Gasteiger charge is 2.36. The molecule has 3 unspecified atom stereocenters. The average molecular weight is 270 g/mol. The van der Waals surface area contributed by atoms with Crippen LogP contribution >= 0.6 is 0 Å². The monoisotopic (exact) mass is 270 g/mol. The second kappa shape index (κ2) is 4.90. The van der Waals surface area contributed by atoms with Crippen molar-refractivity contribution in [3.63, 3.8) is 0 Å². The van der Waals surface area contributed by atoms with E-state index in [0.717, 1.165) is 35.1 Å². The maximum atomic E-state index is 6.35. The van der Waals surface area contributed by atoms with Gasteiger partial charge in [0.2, 0.25) is 0 Å². The van der Waals surface area contributed by atoms with Crippen LogP contribution in [0.25, 0.3) is 11.0 Å². The Labute approximate surface area is 119 Å². The molecule has 106 valence electrons. The Morgan fingerprint density at radius 1 is 1.20 bits per heavy atom. The number of fused-ring (bicyclic) bond motifs is 2. The summed E-state index contributed by atoms with van der Waals surface area (Å²) in [6, 6.07) is 10.2. The maximum Gasteiger partial charge on any atom is 0.134 e. The van der Waals surface area contributed by atoms with Gasteiger partial charge in [0, 0.05) is 25.0 Å². The third-order valence-electron chi connectivity index (χ3n) is 5.07. The van der Waals surface area contributed by atoms with Gasteiger partial charge in [0.25, 0.3) is 0 Å². The number of hydrogen-bond donors (Lipinski definition) is 1. The van der Waals surface area contributed by atoms with Gasteiger partial charge < -0.3 is 15.1 Å². The molecule has 1 saturated heterocycles. The Balaban J connectivity index is 1.46. The lowest BCUT2D eigenvalue weighted by Crippen LogP contribution is -2.31. The normalized spacial score (nSPS) is 28.1. The fourth-order valence-corrected chi connectivity index (χ4v) is 4.03. The molecule has 2 N–H and O–H groups in total. The highest BCUT2D eigenvalue weighted by atomic mass is 16.3. The smallest absolute Gasteiger partial charge is 0.134 e. The summed E-state index contributed by atoms with van der Waals surface area (Å²) in [6.45, 7) is 3.39. The molecule has 3 nitrogen and oxygen atoms in total. The number of nitrogens with zero attached hydrogens (tertiary/aromatic N) is 1. The average Bonchev–Trinajstić information content (AvgIpc) is 3.10. The number of para-hydroxylation sites is 1. The Morgan fingerprint density at radius 2 is 1.95 bits per heavy atom. The number of rotatable bonds is 3. The lowest BCUT2D eigenvalue weighted by molar-refractivity contribution is 0.279. The molecule has 20 heavy (non-hydrogen) atoms. The highest BCUT2D eigenvalue weighted by molar-refractivity contribution is 5.77. The summed E-state index contributed by atoms with van der Waals surface area (Å²) in [5.74, 6) is 2.78. The molecule has 0 amide bonds. The summed E-state index contributed by atoms with van der Waals surface area (Å²) in [6.07, 6.45) is 4.26. The third-order valence-corrected chi connectivity index (χ3v) is 5.07. The van der Waals surface area contributed by atoms with Gasteiger partial charge in [-0.2, -0.15) is 0 Å². The van der Waals surface area contributed by atoms with E-state index in [2.05, 4.69) is 17.0 Å². The predicted molar refractivity (Wildman–Crippen MR) is 80.4 cm³/mol. The zero-order chi connectivity index (χ0) is 13.5. The molecule has 1 aliphatic heterocycles. The van der Waals surface area contributed by atoms with E-state index in [0.29, 0.717) is 0 Å². The van der Waals surface area contributed by atoms with Gasteiger partial charge in [-0.1, -0.05) is 24.6 Å². The van der Waals surface area contributed by atoms with Crippen LogP contribution in [-0.4, -0.2) is 24.5 Å². The first kappa shape index (κ1) is 12.4. The first-order chi connectivity index (χ1) is 9.79. The lowest BCUT2D eigenvalue weighted by Gasteiger charge is -2.20. The molecule has 0 spiro atoms.